The summed E-state index contributed by atoms with van der Waals surface area (Å²) < 4.78 is 1.56. The van der Waals surface area contributed by atoms with E-state index in [-0.39, 0.29) is 17.9 Å². The first-order valence-electron chi connectivity index (χ1n) is 4.96. The molecule has 0 fully saturated rings. The maximum atomic E-state index is 5.67. The Kier molecular flexibility index (Phi) is 2.83. The van der Waals surface area contributed by atoms with Crippen molar-refractivity contribution in [2.75, 3.05) is 11.5 Å². The molecule has 2 aromatic rings. The lowest BCUT2D eigenvalue weighted by Crippen LogP contribution is -2.10. The third kappa shape index (κ3) is 2.64. The maximum absolute atomic E-state index is 5.67. The van der Waals surface area contributed by atoms with Crippen molar-refractivity contribution in [3.05, 3.63) is 17.7 Å². The van der Waals surface area contributed by atoms with Gasteiger partial charge in [-0.05, 0) is 6.92 Å². The highest BCUT2D eigenvalue weighted by Gasteiger charge is 2.07. The van der Waals surface area contributed by atoms with Crippen molar-refractivity contribution in [3.63, 3.8) is 0 Å². The van der Waals surface area contributed by atoms with Gasteiger partial charge >= 0.3 is 0 Å². The average molecular weight is 235 g/mol. The topological polar surface area (TPSA) is 147 Å². The molecule has 0 aliphatic rings. The van der Waals surface area contributed by atoms with E-state index < -0.39 is 0 Å². The van der Waals surface area contributed by atoms with Crippen LogP contribution in [0.3, 0.4) is 0 Å². The number of rotatable bonds is 3. The highest BCUT2D eigenvalue weighted by molar-refractivity contribution is 5.25. The fraction of sp³-hybridized carbons (Fsp3) is 0.375. The first-order chi connectivity index (χ1) is 8.04. The van der Waals surface area contributed by atoms with Gasteiger partial charge in [0.15, 0.2) is 5.82 Å². The molecule has 0 aliphatic carbocycles. The van der Waals surface area contributed by atoms with Crippen molar-refractivity contribution in [3.8, 4) is 0 Å². The number of anilines is 2. The van der Waals surface area contributed by atoms with Gasteiger partial charge in [-0.15, -0.1) is 5.10 Å². The Labute approximate surface area is 97.1 Å². The third-order valence-electron chi connectivity index (χ3n) is 2.04. The fourth-order valence-electron chi connectivity index (χ4n) is 1.27. The summed E-state index contributed by atoms with van der Waals surface area (Å²) in [5.74, 6) is 0.594. The standard InChI is InChI=1S/C8H13N9/c1-4(9)5-2-17(16-15-5)3-6-12-7(10)14-8(11)13-6/h2,4H,3,9H2,1H3,(H4,10,11,12,13,14). The molecule has 0 aliphatic heterocycles. The Hall–Kier alpha value is -2.29. The fourth-order valence-corrected chi connectivity index (χ4v) is 1.27. The van der Waals surface area contributed by atoms with Crippen LogP contribution >= 0.6 is 0 Å². The van der Waals surface area contributed by atoms with E-state index in [1.54, 1.807) is 10.9 Å². The zero-order valence-corrected chi connectivity index (χ0v) is 9.28. The maximum Gasteiger partial charge on any atom is 0.225 e. The van der Waals surface area contributed by atoms with E-state index in [0.717, 1.165) is 0 Å². The number of nitrogens with zero attached hydrogens (tertiary/aromatic N) is 6. The minimum absolute atomic E-state index is 0.0834. The molecule has 1 unspecified atom stereocenters. The molecule has 0 saturated heterocycles. The van der Waals surface area contributed by atoms with Crippen LogP contribution < -0.4 is 17.2 Å². The van der Waals surface area contributed by atoms with E-state index in [0.29, 0.717) is 18.1 Å². The summed E-state index contributed by atoms with van der Waals surface area (Å²) in [4.78, 5) is 11.6. The molecular weight excluding hydrogens is 222 g/mol. The van der Waals surface area contributed by atoms with Gasteiger partial charge in [-0.25, -0.2) is 4.68 Å². The number of aromatic nitrogens is 6. The predicted octanol–water partition coefficient (Wildman–Crippen LogP) is -1.30. The van der Waals surface area contributed by atoms with Gasteiger partial charge in [0.25, 0.3) is 0 Å². The van der Waals surface area contributed by atoms with Crippen molar-refractivity contribution >= 4 is 11.9 Å². The van der Waals surface area contributed by atoms with Gasteiger partial charge < -0.3 is 17.2 Å². The zero-order valence-electron chi connectivity index (χ0n) is 9.28. The van der Waals surface area contributed by atoms with Gasteiger partial charge in [0.1, 0.15) is 6.54 Å². The monoisotopic (exact) mass is 235 g/mol. The molecule has 2 aromatic heterocycles. The molecule has 0 bridgehead atoms. The van der Waals surface area contributed by atoms with Gasteiger partial charge in [-0.1, -0.05) is 5.21 Å². The number of nitrogens with two attached hydrogens (primary N) is 3. The van der Waals surface area contributed by atoms with E-state index in [2.05, 4.69) is 25.3 Å². The second kappa shape index (κ2) is 4.29. The zero-order chi connectivity index (χ0) is 12.4. The Morgan fingerprint density at radius 1 is 1.24 bits per heavy atom. The third-order valence-corrected chi connectivity index (χ3v) is 2.04. The lowest BCUT2D eigenvalue weighted by atomic mass is 10.3. The smallest absolute Gasteiger partial charge is 0.225 e. The van der Waals surface area contributed by atoms with Gasteiger partial charge in [-0.3, -0.25) is 0 Å². The molecule has 0 aromatic carbocycles. The molecular formula is C8H13N9. The second-order valence-corrected chi connectivity index (χ2v) is 3.60. The minimum atomic E-state index is -0.169. The van der Waals surface area contributed by atoms with Crippen LogP contribution in [0.25, 0.3) is 0 Å². The van der Waals surface area contributed by atoms with Gasteiger partial charge in [0.05, 0.1) is 11.9 Å². The summed E-state index contributed by atoms with van der Waals surface area (Å²) in [5, 5.41) is 7.81. The van der Waals surface area contributed by atoms with Gasteiger partial charge in [0.2, 0.25) is 11.9 Å². The molecule has 6 N–H and O–H groups in total. The van der Waals surface area contributed by atoms with Crippen molar-refractivity contribution in [2.24, 2.45) is 5.73 Å². The van der Waals surface area contributed by atoms with Crippen LogP contribution in [0, 0.1) is 0 Å². The van der Waals surface area contributed by atoms with Gasteiger partial charge in [-0.2, -0.15) is 15.0 Å². The molecule has 9 nitrogen and oxygen atoms in total. The van der Waals surface area contributed by atoms with Crippen LogP contribution in [-0.4, -0.2) is 29.9 Å². The minimum Gasteiger partial charge on any atom is -0.368 e. The lowest BCUT2D eigenvalue weighted by molar-refractivity contribution is 0.623. The van der Waals surface area contributed by atoms with Crippen molar-refractivity contribution in [1.82, 2.24) is 29.9 Å². The predicted molar refractivity (Wildman–Crippen MR) is 60.4 cm³/mol. The average Bonchev–Trinajstić information content (AvgIpc) is 2.64. The van der Waals surface area contributed by atoms with Crippen molar-refractivity contribution in [1.29, 1.82) is 0 Å². The molecule has 90 valence electrons. The summed E-state index contributed by atoms with van der Waals surface area (Å²) in [6, 6.07) is -0.169. The Morgan fingerprint density at radius 3 is 2.41 bits per heavy atom. The molecule has 0 amide bonds. The summed E-state index contributed by atoms with van der Waals surface area (Å²) in [6.07, 6.45) is 1.72. The van der Waals surface area contributed by atoms with Crippen molar-refractivity contribution in [2.45, 2.75) is 19.5 Å². The molecule has 1 atom stereocenters. The molecule has 0 radical (unpaired) electrons. The Balaban J connectivity index is 2.19. The van der Waals surface area contributed by atoms with Crippen LogP contribution in [0.4, 0.5) is 11.9 Å². The van der Waals surface area contributed by atoms with Crippen LogP contribution in [0.5, 0.6) is 0 Å². The highest BCUT2D eigenvalue weighted by atomic mass is 15.4. The molecule has 0 spiro atoms. The van der Waals surface area contributed by atoms with E-state index in [1.165, 1.54) is 0 Å². The second-order valence-electron chi connectivity index (χ2n) is 3.60. The van der Waals surface area contributed by atoms with Crippen LogP contribution in [-0.2, 0) is 6.54 Å². The first kappa shape index (κ1) is 11.2. The Morgan fingerprint density at radius 2 is 1.88 bits per heavy atom. The highest BCUT2D eigenvalue weighted by Crippen LogP contribution is 2.05. The molecule has 17 heavy (non-hydrogen) atoms. The summed E-state index contributed by atoms with van der Waals surface area (Å²) in [5.41, 5.74) is 17.3. The quantitative estimate of drug-likeness (QED) is 0.594. The molecule has 2 rings (SSSR count). The van der Waals surface area contributed by atoms with Gasteiger partial charge in [0, 0.05) is 6.04 Å². The van der Waals surface area contributed by atoms with E-state index in [4.69, 9.17) is 17.2 Å². The SMILES string of the molecule is CC(N)c1cn(Cc2nc(N)nc(N)n2)nn1. The van der Waals surface area contributed by atoms with E-state index >= 15 is 0 Å². The lowest BCUT2D eigenvalue weighted by Gasteiger charge is -2.01. The Bertz CT molecular complexity index is 497. The molecule has 0 saturated carbocycles. The summed E-state index contributed by atoms with van der Waals surface area (Å²) in [6.45, 7) is 2.14. The number of hydrogen-bond donors (Lipinski definition) is 3. The normalized spacial score (nSPS) is 12.6. The van der Waals surface area contributed by atoms with Crippen LogP contribution in [0.1, 0.15) is 24.5 Å². The van der Waals surface area contributed by atoms with E-state index in [1.807, 2.05) is 6.92 Å². The number of hydrogen-bond acceptors (Lipinski definition) is 8. The van der Waals surface area contributed by atoms with E-state index in [9.17, 15) is 0 Å². The summed E-state index contributed by atoms with van der Waals surface area (Å²) >= 11 is 0. The van der Waals surface area contributed by atoms with Crippen LogP contribution in [0.15, 0.2) is 6.20 Å². The molecule has 9 heteroatoms. The summed E-state index contributed by atoms with van der Waals surface area (Å²) in [7, 11) is 0. The first-order valence-corrected chi connectivity index (χ1v) is 4.96. The molecule has 2 heterocycles. The number of nitrogen functional groups attached to an aromatic ring is 2. The van der Waals surface area contributed by atoms with Crippen LogP contribution in [0.2, 0.25) is 0 Å². The largest absolute Gasteiger partial charge is 0.368 e. The van der Waals surface area contributed by atoms with Crippen molar-refractivity contribution < 1.29 is 0 Å².